The van der Waals surface area contributed by atoms with E-state index in [1.54, 1.807) is 0 Å². The Hall–Kier alpha value is 0.110. The molecule has 2 aliphatic rings. The highest BCUT2D eigenvalue weighted by atomic mass is 127. The van der Waals surface area contributed by atoms with Gasteiger partial charge in [0.15, 0.2) is 0 Å². The maximum atomic E-state index is 12.0. The van der Waals surface area contributed by atoms with Crippen LogP contribution >= 0.6 is 22.6 Å². The van der Waals surface area contributed by atoms with Crippen molar-refractivity contribution < 1.29 is 22.1 Å². The summed E-state index contributed by atoms with van der Waals surface area (Å²) in [4.78, 5) is 12.0. The van der Waals surface area contributed by atoms with Gasteiger partial charge in [0.05, 0.1) is 5.25 Å². The molecule has 0 aromatic heterocycles. The van der Waals surface area contributed by atoms with Crippen LogP contribution in [0.15, 0.2) is 0 Å². The molecule has 0 N–H and O–H groups in total. The van der Waals surface area contributed by atoms with Gasteiger partial charge in [-0.25, -0.2) is 0 Å². The maximum absolute atomic E-state index is 12.0. The quantitative estimate of drug-likeness (QED) is 0.319. The fourth-order valence-corrected chi connectivity index (χ4v) is 3.90. The summed E-state index contributed by atoms with van der Waals surface area (Å²) in [6.45, 7) is 3.73. The summed E-state index contributed by atoms with van der Waals surface area (Å²) in [5.41, 5.74) is 0. The third-order valence-electron chi connectivity index (χ3n) is 3.70. The summed E-state index contributed by atoms with van der Waals surface area (Å²) in [5.74, 6) is -0.290. The van der Waals surface area contributed by atoms with E-state index in [-0.39, 0.29) is 5.97 Å². The van der Waals surface area contributed by atoms with Crippen molar-refractivity contribution in [3.05, 3.63) is 0 Å². The molecular formula is C11H17IO5S. The fraction of sp³-hybridized carbons (Fsp3) is 0.909. The lowest BCUT2D eigenvalue weighted by atomic mass is 9.94. The lowest BCUT2D eigenvalue weighted by Crippen LogP contribution is -2.39. The summed E-state index contributed by atoms with van der Waals surface area (Å²) in [5, 5.41) is -0.408. The van der Waals surface area contributed by atoms with Crippen LogP contribution in [0.5, 0.6) is 0 Å². The van der Waals surface area contributed by atoms with Crippen LogP contribution in [0.2, 0.25) is 0 Å². The lowest BCUT2D eigenvalue weighted by molar-refractivity contribution is -0.156. The summed E-state index contributed by atoms with van der Waals surface area (Å²) >= 11 is 2.06. The monoisotopic (exact) mass is 388 g/mol. The number of fused-ring (bicyclic) bond motifs is 2. The molecule has 18 heavy (non-hydrogen) atoms. The molecule has 2 rings (SSSR count). The Bertz CT molecular complexity index is 444. The summed E-state index contributed by atoms with van der Waals surface area (Å²) in [6.07, 6.45) is 1.29. The van der Waals surface area contributed by atoms with Crippen LogP contribution < -0.4 is 0 Å². The van der Waals surface area contributed by atoms with Crippen molar-refractivity contribution in [1.29, 1.82) is 0 Å². The SMILES string of the molecule is CCC(C)(I)C(=O)OC1CCC2CC1OS2(=O)=O. The Morgan fingerprint density at radius 3 is 2.78 bits per heavy atom. The van der Waals surface area contributed by atoms with E-state index in [0.717, 1.165) is 0 Å². The van der Waals surface area contributed by atoms with E-state index in [9.17, 15) is 13.2 Å². The van der Waals surface area contributed by atoms with Crippen LogP contribution in [0, 0.1) is 0 Å². The Kier molecular flexibility index (Phi) is 3.95. The third-order valence-corrected chi connectivity index (χ3v) is 6.66. The van der Waals surface area contributed by atoms with Gasteiger partial charge in [-0.2, -0.15) is 8.42 Å². The summed E-state index contributed by atoms with van der Waals surface area (Å²) in [6, 6.07) is 0. The van der Waals surface area contributed by atoms with E-state index in [1.165, 1.54) is 0 Å². The zero-order chi connectivity index (χ0) is 13.6. The molecule has 5 nitrogen and oxygen atoms in total. The van der Waals surface area contributed by atoms with Crippen molar-refractivity contribution in [1.82, 2.24) is 0 Å². The number of alkyl halides is 1. The van der Waals surface area contributed by atoms with Crippen LogP contribution in [-0.4, -0.2) is 35.3 Å². The number of hydrogen-bond acceptors (Lipinski definition) is 5. The minimum atomic E-state index is -3.43. The molecule has 0 aromatic carbocycles. The number of halogens is 1. The normalized spacial score (nSPS) is 36.9. The minimum absolute atomic E-state index is 0.290. The number of carbonyl (C=O) groups is 1. The first-order valence-electron chi connectivity index (χ1n) is 6.08. The molecule has 1 aliphatic heterocycles. The summed E-state index contributed by atoms with van der Waals surface area (Å²) < 4.78 is 33.0. The first kappa shape index (κ1) is 14.5. The Morgan fingerprint density at radius 1 is 1.50 bits per heavy atom. The molecule has 1 saturated heterocycles. The Morgan fingerprint density at radius 2 is 2.17 bits per heavy atom. The van der Waals surface area contributed by atoms with Gasteiger partial charge in [0.1, 0.15) is 15.6 Å². The van der Waals surface area contributed by atoms with Crippen molar-refractivity contribution in [2.75, 3.05) is 0 Å². The fourth-order valence-electron chi connectivity index (χ4n) is 2.22. The first-order valence-corrected chi connectivity index (χ1v) is 8.63. The average molecular weight is 388 g/mol. The van der Waals surface area contributed by atoms with Gasteiger partial charge in [0.2, 0.25) is 0 Å². The highest BCUT2D eigenvalue weighted by Crippen LogP contribution is 2.38. The predicted molar refractivity (Wildman–Crippen MR) is 74.0 cm³/mol. The van der Waals surface area contributed by atoms with Gasteiger partial charge in [-0.3, -0.25) is 8.98 Å². The molecule has 7 heteroatoms. The predicted octanol–water partition coefficient (Wildman–Crippen LogP) is 1.78. The zero-order valence-electron chi connectivity index (χ0n) is 10.4. The standard InChI is InChI=1S/C11H17IO5S/c1-3-11(2,12)10(13)16-8-5-4-7-6-9(8)17-18(7,14)15/h7-9H,3-6H2,1-2H3. The smallest absolute Gasteiger partial charge is 0.322 e. The number of rotatable bonds is 3. The van der Waals surface area contributed by atoms with Crippen LogP contribution in [0.4, 0.5) is 0 Å². The van der Waals surface area contributed by atoms with Crippen LogP contribution in [0.1, 0.15) is 39.5 Å². The molecule has 0 aromatic rings. The van der Waals surface area contributed by atoms with E-state index in [4.69, 9.17) is 8.92 Å². The highest BCUT2D eigenvalue weighted by Gasteiger charge is 2.49. The van der Waals surface area contributed by atoms with Gasteiger partial charge < -0.3 is 4.74 Å². The van der Waals surface area contributed by atoms with E-state index in [0.29, 0.717) is 25.7 Å². The van der Waals surface area contributed by atoms with Gasteiger partial charge in [-0.15, -0.1) is 0 Å². The van der Waals surface area contributed by atoms with Gasteiger partial charge in [-0.05, 0) is 32.6 Å². The second kappa shape index (κ2) is 4.90. The minimum Gasteiger partial charge on any atom is -0.459 e. The van der Waals surface area contributed by atoms with Crippen molar-refractivity contribution in [2.24, 2.45) is 0 Å². The van der Waals surface area contributed by atoms with Gasteiger partial charge in [0, 0.05) is 0 Å². The molecule has 4 unspecified atom stereocenters. The molecule has 4 atom stereocenters. The van der Waals surface area contributed by atoms with Gasteiger partial charge in [-0.1, -0.05) is 29.5 Å². The zero-order valence-corrected chi connectivity index (χ0v) is 13.4. The van der Waals surface area contributed by atoms with E-state index < -0.39 is 31.0 Å². The Labute approximate surface area is 121 Å². The number of esters is 1. The molecule has 0 radical (unpaired) electrons. The number of carbonyl (C=O) groups excluding carboxylic acids is 1. The van der Waals surface area contributed by atoms with Crippen LogP contribution in [-0.2, 0) is 23.8 Å². The van der Waals surface area contributed by atoms with Crippen LogP contribution in [0.25, 0.3) is 0 Å². The molecule has 2 fully saturated rings. The van der Waals surface area contributed by atoms with Gasteiger partial charge >= 0.3 is 5.97 Å². The van der Waals surface area contributed by atoms with Crippen molar-refractivity contribution in [3.8, 4) is 0 Å². The number of ether oxygens (including phenoxy) is 1. The second-order valence-electron chi connectivity index (χ2n) is 5.06. The van der Waals surface area contributed by atoms with Crippen molar-refractivity contribution in [2.45, 2.75) is 60.4 Å². The number of hydrogen-bond donors (Lipinski definition) is 0. The van der Waals surface area contributed by atoms with E-state index >= 15 is 0 Å². The maximum Gasteiger partial charge on any atom is 0.322 e. The average Bonchev–Trinajstić information content (AvgIpc) is 2.54. The molecule has 1 aliphatic carbocycles. The molecular weight excluding hydrogens is 371 g/mol. The molecule has 1 saturated carbocycles. The molecule has 0 amide bonds. The Balaban J connectivity index is 2.03. The van der Waals surface area contributed by atoms with Crippen molar-refractivity contribution >= 4 is 38.7 Å². The van der Waals surface area contributed by atoms with Gasteiger partial charge in [0.25, 0.3) is 10.1 Å². The largest absolute Gasteiger partial charge is 0.459 e. The molecule has 2 bridgehead atoms. The third kappa shape index (κ3) is 2.67. The topological polar surface area (TPSA) is 69.7 Å². The highest BCUT2D eigenvalue weighted by molar-refractivity contribution is 14.1. The molecule has 0 spiro atoms. The van der Waals surface area contributed by atoms with E-state index in [2.05, 4.69) is 22.6 Å². The van der Waals surface area contributed by atoms with E-state index in [1.807, 2.05) is 13.8 Å². The lowest BCUT2D eigenvalue weighted by Gasteiger charge is -2.28. The molecule has 104 valence electrons. The molecule has 1 heterocycles. The second-order valence-corrected chi connectivity index (χ2v) is 9.28. The first-order chi connectivity index (χ1) is 8.26. The van der Waals surface area contributed by atoms with Crippen molar-refractivity contribution in [3.63, 3.8) is 0 Å². The van der Waals surface area contributed by atoms with Crippen LogP contribution in [0.3, 0.4) is 0 Å². The summed E-state index contributed by atoms with van der Waals surface area (Å²) in [7, 11) is -3.43.